The fourth-order valence-corrected chi connectivity index (χ4v) is 9.15. The molecule has 10 aromatic carbocycles. The Morgan fingerprint density at radius 3 is 1.46 bits per heavy atom. The van der Waals surface area contributed by atoms with E-state index in [1.807, 2.05) is 12.1 Å². The highest BCUT2D eigenvalue weighted by Crippen LogP contribution is 2.46. The number of benzene rings is 10. The van der Waals surface area contributed by atoms with Crippen molar-refractivity contribution in [2.45, 2.75) is 0 Å². The normalized spacial score (nSPS) is 11.9. The van der Waals surface area contributed by atoms with Gasteiger partial charge in [-0.3, -0.25) is 0 Å². The largest absolute Gasteiger partial charge is 0.456 e. The molecule has 12 rings (SSSR count). The lowest BCUT2D eigenvalue weighted by Crippen LogP contribution is -1.91. The van der Waals surface area contributed by atoms with Crippen molar-refractivity contribution < 1.29 is 8.83 Å². The van der Waals surface area contributed by atoms with Crippen molar-refractivity contribution >= 4 is 76.2 Å². The summed E-state index contributed by atoms with van der Waals surface area (Å²) in [4.78, 5) is 0. The summed E-state index contributed by atoms with van der Waals surface area (Å²) in [6, 6.07) is 69.9. The Balaban J connectivity index is 1.02. The van der Waals surface area contributed by atoms with Crippen LogP contribution in [0.4, 0.5) is 0 Å². The Hall–Kier alpha value is -7.42. The van der Waals surface area contributed by atoms with E-state index in [9.17, 15) is 0 Å². The maximum absolute atomic E-state index is 6.41. The number of hydrogen-bond acceptors (Lipinski definition) is 2. The molecule has 2 heterocycles. The van der Waals surface area contributed by atoms with Crippen LogP contribution in [0.25, 0.3) is 121 Å². The van der Waals surface area contributed by atoms with E-state index in [4.69, 9.17) is 8.83 Å². The van der Waals surface area contributed by atoms with E-state index in [1.54, 1.807) is 0 Å². The topological polar surface area (TPSA) is 26.3 Å². The second-order valence-corrected chi connectivity index (χ2v) is 14.7. The van der Waals surface area contributed by atoms with Crippen molar-refractivity contribution in [1.82, 2.24) is 0 Å². The summed E-state index contributed by atoms with van der Waals surface area (Å²) in [5, 5.41) is 11.9. The minimum absolute atomic E-state index is 0.903. The molecule has 12 aromatic rings. The van der Waals surface area contributed by atoms with Crippen LogP contribution in [0.5, 0.6) is 0 Å². The van der Waals surface area contributed by atoms with Crippen LogP contribution in [0.2, 0.25) is 0 Å². The van der Waals surface area contributed by atoms with E-state index in [-0.39, 0.29) is 0 Å². The molecule has 0 bridgehead atoms. The Morgan fingerprint density at radius 2 is 0.732 bits per heavy atom. The first-order chi connectivity index (χ1) is 27.8. The summed E-state index contributed by atoms with van der Waals surface area (Å²) in [5.41, 5.74) is 13.2. The van der Waals surface area contributed by atoms with Gasteiger partial charge in [0.05, 0.1) is 0 Å². The van der Waals surface area contributed by atoms with Crippen LogP contribution in [0.3, 0.4) is 0 Å². The number of hydrogen-bond donors (Lipinski definition) is 0. The maximum Gasteiger partial charge on any atom is 0.136 e. The molecule has 2 heteroatoms. The van der Waals surface area contributed by atoms with Gasteiger partial charge < -0.3 is 8.83 Å². The van der Waals surface area contributed by atoms with Gasteiger partial charge in [-0.05, 0) is 113 Å². The van der Waals surface area contributed by atoms with Crippen LogP contribution in [0, 0.1) is 0 Å². The summed E-state index contributed by atoms with van der Waals surface area (Å²) < 4.78 is 12.7. The fourth-order valence-electron chi connectivity index (χ4n) is 9.15. The zero-order valence-electron chi connectivity index (χ0n) is 30.3. The molecule has 0 aliphatic rings. The average molecular weight is 713 g/mol. The van der Waals surface area contributed by atoms with Gasteiger partial charge in [0, 0.05) is 21.5 Å². The minimum atomic E-state index is 0.903. The second kappa shape index (κ2) is 12.0. The smallest absolute Gasteiger partial charge is 0.136 e. The summed E-state index contributed by atoms with van der Waals surface area (Å²) in [6.07, 6.45) is 0. The van der Waals surface area contributed by atoms with E-state index in [1.165, 1.54) is 76.8 Å². The summed E-state index contributed by atoms with van der Waals surface area (Å²) in [6.45, 7) is 0. The highest BCUT2D eigenvalue weighted by atomic mass is 16.3. The van der Waals surface area contributed by atoms with Crippen molar-refractivity contribution in [3.63, 3.8) is 0 Å². The van der Waals surface area contributed by atoms with Crippen molar-refractivity contribution in [2.24, 2.45) is 0 Å². The van der Waals surface area contributed by atoms with Crippen LogP contribution in [0.15, 0.2) is 203 Å². The third kappa shape index (κ3) is 4.63. The lowest BCUT2D eigenvalue weighted by Gasteiger charge is -2.18. The number of furan rings is 2. The van der Waals surface area contributed by atoms with Crippen molar-refractivity contribution in [2.75, 3.05) is 0 Å². The molecule has 2 nitrogen and oxygen atoms in total. The molecule has 0 spiro atoms. The van der Waals surface area contributed by atoms with Gasteiger partial charge in [0.1, 0.15) is 22.3 Å². The Morgan fingerprint density at radius 1 is 0.250 bits per heavy atom. The Kier molecular flexibility index (Phi) is 6.66. The lowest BCUT2D eigenvalue weighted by molar-refractivity contribution is 0.669. The maximum atomic E-state index is 6.41. The molecule has 0 N–H and O–H groups in total. The predicted octanol–water partition coefficient (Wildman–Crippen LogP) is 15.6. The van der Waals surface area contributed by atoms with E-state index in [0.29, 0.717) is 0 Å². The van der Waals surface area contributed by atoms with Gasteiger partial charge in [-0.1, -0.05) is 158 Å². The molecule has 0 amide bonds. The summed E-state index contributed by atoms with van der Waals surface area (Å²) >= 11 is 0. The zero-order chi connectivity index (χ0) is 36.7. The molecule has 0 atom stereocenters. The van der Waals surface area contributed by atoms with E-state index >= 15 is 0 Å². The number of rotatable bonds is 4. The third-order valence-corrected chi connectivity index (χ3v) is 11.7. The fraction of sp³-hybridized carbons (Fsp3) is 0. The number of para-hydroxylation sites is 1. The molecule has 2 aromatic heterocycles. The molecule has 56 heavy (non-hydrogen) atoms. The molecule has 0 saturated heterocycles. The van der Waals surface area contributed by atoms with E-state index < -0.39 is 0 Å². The van der Waals surface area contributed by atoms with Gasteiger partial charge in [-0.25, -0.2) is 0 Å². The first-order valence-electron chi connectivity index (χ1n) is 19.2. The van der Waals surface area contributed by atoms with Crippen LogP contribution in [0.1, 0.15) is 0 Å². The molecule has 0 unspecified atom stereocenters. The van der Waals surface area contributed by atoms with Crippen molar-refractivity contribution in [3.8, 4) is 44.5 Å². The second-order valence-electron chi connectivity index (χ2n) is 14.7. The molecular weight excluding hydrogens is 681 g/mol. The lowest BCUT2D eigenvalue weighted by atomic mass is 9.85. The number of fused-ring (bicyclic) bond motifs is 9. The predicted molar refractivity (Wildman–Crippen MR) is 235 cm³/mol. The molecule has 260 valence electrons. The molecule has 0 aliphatic carbocycles. The van der Waals surface area contributed by atoms with Crippen LogP contribution in [-0.2, 0) is 0 Å². The van der Waals surface area contributed by atoms with E-state index in [2.05, 4.69) is 182 Å². The molecule has 0 radical (unpaired) electrons. The summed E-state index contributed by atoms with van der Waals surface area (Å²) in [7, 11) is 0. The van der Waals surface area contributed by atoms with Gasteiger partial charge in [-0.2, -0.15) is 0 Å². The van der Waals surface area contributed by atoms with Crippen LogP contribution < -0.4 is 0 Å². The van der Waals surface area contributed by atoms with Gasteiger partial charge in [0.25, 0.3) is 0 Å². The minimum Gasteiger partial charge on any atom is -0.456 e. The van der Waals surface area contributed by atoms with Gasteiger partial charge >= 0.3 is 0 Å². The van der Waals surface area contributed by atoms with Crippen molar-refractivity contribution in [1.29, 1.82) is 0 Å². The van der Waals surface area contributed by atoms with Gasteiger partial charge in [0.15, 0.2) is 0 Å². The van der Waals surface area contributed by atoms with E-state index in [0.717, 1.165) is 43.9 Å². The van der Waals surface area contributed by atoms with Crippen molar-refractivity contribution in [3.05, 3.63) is 194 Å². The quantitative estimate of drug-likeness (QED) is 0.170. The molecular formula is C54H32O2. The van der Waals surface area contributed by atoms with Crippen LogP contribution >= 0.6 is 0 Å². The Bertz CT molecular complexity index is 3470. The highest BCUT2D eigenvalue weighted by Gasteiger charge is 2.19. The highest BCUT2D eigenvalue weighted by molar-refractivity contribution is 6.22. The molecule has 0 fully saturated rings. The van der Waals surface area contributed by atoms with Gasteiger partial charge in [0.2, 0.25) is 0 Å². The van der Waals surface area contributed by atoms with Crippen LogP contribution in [-0.4, -0.2) is 0 Å². The SMILES string of the molecule is c1ccc(-c2cccc3oc4ccccc4c23)c(-c2ccc(-c3c4ccccc4c(-c4ccc5oc6cc7ccccc7cc6c5c4)c4ccccc34)cc2)c1. The summed E-state index contributed by atoms with van der Waals surface area (Å²) in [5.74, 6) is 0. The third-order valence-electron chi connectivity index (χ3n) is 11.7. The Labute approximate surface area is 322 Å². The standard InChI is InChI=1S/C54H32O2/c1-2-13-36-32-51-47(30-35(36)12-1)46-31-37(28-29-49(46)56-51)53-43-18-7-5-16-41(43)52(42-17-6-8-19-44(42)53)34-26-24-33(25-27-34)38-14-3-4-15-39(38)40-21-11-23-50-54(40)45-20-9-10-22-48(45)55-50/h1-32H. The van der Waals surface area contributed by atoms with Gasteiger partial charge in [-0.15, -0.1) is 0 Å². The average Bonchev–Trinajstić information content (AvgIpc) is 3.82. The first-order valence-corrected chi connectivity index (χ1v) is 19.2. The monoisotopic (exact) mass is 712 g/mol. The molecule has 0 aliphatic heterocycles. The first kappa shape index (κ1) is 31.0. The zero-order valence-corrected chi connectivity index (χ0v) is 30.3. The molecule has 0 saturated carbocycles.